The molecule has 0 radical (unpaired) electrons. The Labute approximate surface area is 149 Å². The summed E-state index contributed by atoms with van der Waals surface area (Å²) in [6.07, 6.45) is 12.0. The highest BCUT2D eigenvalue weighted by molar-refractivity contribution is 5.89. The normalized spacial score (nSPS) is 10.6. The van der Waals surface area contributed by atoms with Crippen molar-refractivity contribution in [1.29, 1.82) is 0 Å². The number of imidazole rings is 1. The molecule has 0 saturated heterocycles. The molecule has 0 saturated carbocycles. The van der Waals surface area contributed by atoms with Gasteiger partial charge in [0.15, 0.2) is 0 Å². The summed E-state index contributed by atoms with van der Waals surface area (Å²) in [4.78, 5) is 25.2. The van der Waals surface area contributed by atoms with Gasteiger partial charge in [0.1, 0.15) is 11.8 Å². The first-order valence-electron chi connectivity index (χ1n) is 7.84. The van der Waals surface area contributed by atoms with E-state index in [9.17, 15) is 4.79 Å². The third-order valence-electron chi connectivity index (χ3n) is 4.04. The Balaban J connectivity index is 1.86. The third-order valence-corrected chi connectivity index (χ3v) is 4.04. The quantitative estimate of drug-likeness (QED) is 0.578. The molecule has 0 spiro atoms. The van der Waals surface area contributed by atoms with Crippen LogP contribution in [0.25, 0.3) is 17.0 Å². The third kappa shape index (κ3) is 2.70. The molecule has 4 aromatic rings. The average Bonchev–Trinajstić information content (AvgIpc) is 3.21. The van der Waals surface area contributed by atoms with Gasteiger partial charge < -0.3 is 9.88 Å². The lowest BCUT2D eigenvalue weighted by atomic mass is 10.2. The van der Waals surface area contributed by atoms with Crippen LogP contribution in [-0.2, 0) is 7.05 Å². The molecular weight excluding hydrogens is 328 g/mol. The fourth-order valence-corrected chi connectivity index (χ4v) is 2.62. The van der Waals surface area contributed by atoms with Gasteiger partial charge in [-0.05, 0) is 24.3 Å². The van der Waals surface area contributed by atoms with Crippen molar-refractivity contribution in [1.82, 2.24) is 24.1 Å². The van der Waals surface area contributed by atoms with Crippen LogP contribution in [0.3, 0.4) is 0 Å². The van der Waals surface area contributed by atoms with Crippen LogP contribution in [0.1, 0.15) is 5.56 Å². The second-order valence-corrected chi connectivity index (χ2v) is 5.68. The first-order chi connectivity index (χ1) is 12.7. The molecule has 126 valence electrons. The van der Waals surface area contributed by atoms with Gasteiger partial charge in [0.05, 0.1) is 17.4 Å². The number of terminal acetylenes is 1. The van der Waals surface area contributed by atoms with E-state index in [4.69, 9.17) is 6.42 Å². The molecule has 0 unspecified atom stereocenters. The molecule has 0 aliphatic carbocycles. The summed E-state index contributed by atoms with van der Waals surface area (Å²) in [5.74, 6) is 3.05. The van der Waals surface area contributed by atoms with Crippen molar-refractivity contribution < 1.29 is 0 Å². The molecule has 4 rings (SSSR count). The second kappa shape index (κ2) is 6.18. The minimum absolute atomic E-state index is 0.153. The molecule has 0 fully saturated rings. The highest BCUT2D eigenvalue weighted by Crippen LogP contribution is 2.23. The largest absolute Gasteiger partial charge is 0.354 e. The zero-order valence-electron chi connectivity index (χ0n) is 13.9. The van der Waals surface area contributed by atoms with Gasteiger partial charge in [0.25, 0.3) is 5.56 Å². The van der Waals surface area contributed by atoms with E-state index in [0.717, 1.165) is 11.3 Å². The van der Waals surface area contributed by atoms with Crippen LogP contribution in [0.4, 0.5) is 11.4 Å². The van der Waals surface area contributed by atoms with Crippen molar-refractivity contribution in [2.24, 2.45) is 7.05 Å². The fraction of sp³-hybridized carbons (Fsp3) is 0.0526. The number of aryl methyl sites for hydroxylation is 1. The van der Waals surface area contributed by atoms with E-state index in [1.807, 2.05) is 24.3 Å². The molecule has 0 atom stereocenters. The number of fused-ring (bicyclic) bond motifs is 1. The minimum atomic E-state index is -0.153. The number of anilines is 2. The molecule has 0 aliphatic rings. The van der Waals surface area contributed by atoms with E-state index in [1.165, 1.54) is 10.6 Å². The van der Waals surface area contributed by atoms with Gasteiger partial charge in [-0.15, -0.1) is 6.42 Å². The van der Waals surface area contributed by atoms with E-state index in [1.54, 1.807) is 36.5 Å². The monoisotopic (exact) mass is 342 g/mol. The van der Waals surface area contributed by atoms with Gasteiger partial charge in [0.2, 0.25) is 5.95 Å². The average molecular weight is 342 g/mol. The number of benzene rings is 1. The molecule has 3 heterocycles. The molecule has 26 heavy (non-hydrogen) atoms. The molecule has 0 amide bonds. The molecule has 3 aromatic heterocycles. The Hall–Kier alpha value is -3.92. The zero-order chi connectivity index (χ0) is 18.1. The Kier molecular flexibility index (Phi) is 3.71. The Morgan fingerprint density at radius 1 is 1.23 bits per heavy atom. The summed E-state index contributed by atoms with van der Waals surface area (Å²) in [7, 11) is 1.69. The van der Waals surface area contributed by atoms with Crippen LogP contribution >= 0.6 is 0 Å². The van der Waals surface area contributed by atoms with Crippen molar-refractivity contribution in [3.63, 3.8) is 0 Å². The van der Waals surface area contributed by atoms with E-state index in [0.29, 0.717) is 22.7 Å². The van der Waals surface area contributed by atoms with Crippen molar-refractivity contribution in [3.8, 4) is 18.3 Å². The van der Waals surface area contributed by atoms with Crippen LogP contribution in [0.5, 0.6) is 0 Å². The van der Waals surface area contributed by atoms with E-state index >= 15 is 0 Å². The molecule has 1 N–H and O–H groups in total. The second-order valence-electron chi connectivity index (χ2n) is 5.68. The summed E-state index contributed by atoms with van der Waals surface area (Å²) in [5.41, 5.74) is 3.30. The molecule has 0 aliphatic heterocycles. The Bertz CT molecular complexity index is 1180. The lowest BCUT2D eigenvalue weighted by molar-refractivity contribution is 0.883. The van der Waals surface area contributed by atoms with Crippen LogP contribution in [0.2, 0.25) is 0 Å². The topological polar surface area (TPSA) is 77.6 Å². The van der Waals surface area contributed by atoms with Crippen LogP contribution in [-0.4, -0.2) is 24.1 Å². The van der Waals surface area contributed by atoms with E-state index in [2.05, 4.69) is 26.2 Å². The van der Waals surface area contributed by atoms with Crippen molar-refractivity contribution in [2.75, 3.05) is 5.32 Å². The Morgan fingerprint density at radius 2 is 2.04 bits per heavy atom. The number of pyridine rings is 1. The Morgan fingerprint density at radius 3 is 2.73 bits per heavy atom. The maximum Gasteiger partial charge on any atom is 0.252 e. The predicted molar refractivity (Wildman–Crippen MR) is 99.6 cm³/mol. The fourth-order valence-electron chi connectivity index (χ4n) is 2.62. The van der Waals surface area contributed by atoms with Gasteiger partial charge >= 0.3 is 0 Å². The summed E-state index contributed by atoms with van der Waals surface area (Å²) >= 11 is 0. The smallest absolute Gasteiger partial charge is 0.252 e. The number of hydrogen-bond donors (Lipinski definition) is 1. The first-order valence-corrected chi connectivity index (χ1v) is 7.84. The van der Waals surface area contributed by atoms with Gasteiger partial charge in [-0.25, -0.2) is 15.0 Å². The molecule has 1 aromatic carbocycles. The summed E-state index contributed by atoms with van der Waals surface area (Å²) < 4.78 is 3.22. The lowest BCUT2D eigenvalue weighted by Gasteiger charge is -2.12. The zero-order valence-corrected chi connectivity index (χ0v) is 13.9. The maximum absolute atomic E-state index is 12.3. The standard InChI is InChI=1S/C19H14N6O/c1-3-13-4-6-14(7-5-13)22-15-10-17(26)24(2)16-11-21-19(23-18(15)16)25-9-8-20-12-25/h1,4-12,22H,2H3. The van der Waals surface area contributed by atoms with Crippen LogP contribution in [0.15, 0.2) is 60.0 Å². The molecule has 7 nitrogen and oxygen atoms in total. The minimum Gasteiger partial charge on any atom is -0.354 e. The van der Waals surface area contributed by atoms with E-state index in [-0.39, 0.29) is 5.56 Å². The summed E-state index contributed by atoms with van der Waals surface area (Å²) in [5, 5.41) is 3.24. The first kappa shape index (κ1) is 15.6. The van der Waals surface area contributed by atoms with Gasteiger partial charge in [-0.1, -0.05) is 5.92 Å². The maximum atomic E-state index is 12.3. The summed E-state index contributed by atoms with van der Waals surface area (Å²) in [6.45, 7) is 0. The number of aromatic nitrogens is 5. The SMILES string of the molecule is C#Cc1ccc(Nc2cc(=O)n(C)c3cnc(-n4ccnc4)nc23)cc1. The number of nitrogens with one attached hydrogen (secondary N) is 1. The highest BCUT2D eigenvalue weighted by Gasteiger charge is 2.11. The van der Waals surface area contributed by atoms with Gasteiger partial charge in [-0.3, -0.25) is 9.36 Å². The number of hydrogen-bond acceptors (Lipinski definition) is 5. The van der Waals surface area contributed by atoms with Crippen molar-refractivity contribution >= 4 is 22.4 Å². The predicted octanol–water partition coefficient (Wildman–Crippen LogP) is 2.24. The van der Waals surface area contributed by atoms with Crippen LogP contribution < -0.4 is 10.9 Å². The van der Waals surface area contributed by atoms with Gasteiger partial charge in [-0.2, -0.15) is 0 Å². The molecule has 0 bridgehead atoms. The lowest BCUT2D eigenvalue weighted by Crippen LogP contribution is -2.18. The highest BCUT2D eigenvalue weighted by atomic mass is 16.1. The number of nitrogens with zero attached hydrogens (tertiary/aromatic N) is 5. The molecular formula is C19H14N6O. The van der Waals surface area contributed by atoms with Crippen molar-refractivity contribution in [3.05, 3.63) is 71.2 Å². The van der Waals surface area contributed by atoms with Gasteiger partial charge in [0, 0.05) is 36.8 Å². The van der Waals surface area contributed by atoms with Crippen LogP contribution in [0, 0.1) is 12.3 Å². The van der Waals surface area contributed by atoms with E-state index < -0.39 is 0 Å². The summed E-state index contributed by atoms with van der Waals surface area (Å²) in [6, 6.07) is 8.89. The number of rotatable bonds is 3. The van der Waals surface area contributed by atoms with Crippen molar-refractivity contribution in [2.45, 2.75) is 0 Å². The molecule has 7 heteroatoms.